The first kappa shape index (κ1) is 16.6. The summed E-state index contributed by atoms with van der Waals surface area (Å²) in [7, 11) is 1.73. The lowest BCUT2D eigenvalue weighted by Gasteiger charge is -2.31. The van der Waals surface area contributed by atoms with E-state index in [1.165, 1.54) is 57.4 Å². The molecule has 2 saturated heterocycles. The van der Waals surface area contributed by atoms with Crippen molar-refractivity contribution in [3.8, 4) is 5.75 Å². The Hall–Kier alpha value is -0.770. The minimum atomic E-state index is 0. The largest absolute Gasteiger partial charge is 0.497 e. The Kier molecular flexibility index (Phi) is 6.34. The van der Waals surface area contributed by atoms with Crippen LogP contribution in [0.1, 0.15) is 37.3 Å². The molecule has 1 aromatic rings. The second-order valence-corrected chi connectivity index (χ2v) is 6.12. The van der Waals surface area contributed by atoms with Crippen LogP contribution in [0.4, 0.5) is 0 Å². The summed E-state index contributed by atoms with van der Waals surface area (Å²) in [6.07, 6.45) is 5.32. The number of benzene rings is 1. The summed E-state index contributed by atoms with van der Waals surface area (Å²) in [5, 5.41) is 3.46. The molecule has 0 aromatic heterocycles. The molecular formula is C17H27ClN2O. The third kappa shape index (κ3) is 4.12. The molecule has 0 aliphatic carbocycles. The van der Waals surface area contributed by atoms with Crippen LogP contribution in [0.25, 0.3) is 0 Å². The molecule has 0 saturated carbocycles. The van der Waals surface area contributed by atoms with Crippen molar-refractivity contribution in [1.29, 1.82) is 0 Å². The summed E-state index contributed by atoms with van der Waals surface area (Å²) in [4.78, 5) is 2.71. The monoisotopic (exact) mass is 310 g/mol. The predicted octanol–water partition coefficient (Wildman–Crippen LogP) is 3.25. The molecule has 3 nitrogen and oxygen atoms in total. The predicted molar refractivity (Wildman–Crippen MR) is 89.4 cm³/mol. The van der Waals surface area contributed by atoms with Crippen molar-refractivity contribution >= 4 is 12.4 Å². The highest BCUT2D eigenvalue weighted by molar-refractivity contribution is 5.85. The molecule has 2 aliphatic heterocycles. The van der Waals surface area contributed by atoms with Crippen molar-refractivity contribution in [3.63, 3.8) is 0 Å². The first-order valence-corrected chi connectivity index (χ1v) is 7.95. The smallest absolute Gasteiger partial charge is 0.118 e. The lowest BCUT2D eigenvalue weighted by atomic mass is 9.96. The molecule has 1 N–H and O–H groups in total. The standard InChI is InChI=1S/C17H26N2O.ClH/c1-20-16-6-4-15(5-7-16)17-3-2-12-19(17)13-14-8-10-18-11-9-14;/h4-7,14,17-18H,2-3,8-13H2,1H3;1H. The van der Waals surface area contributed by atoms with Crippen LogP contribution in [-0.2, 0) is 0 Å². The van der Waals surface area contributed by atoms with Gasteiger partial charge in [-0.3, -0.25) is 4.90 Å². The fourth-order valence-electron chi connectivity index (χ4n) is 3.64. The normalized spacial score (nSPS) is 23.8. The summed E-state index contributed by atoms with van der Waals surface area (Å²) in [5.41, 5.74) is 1.46. The van der Waals surface area contributed by atoms with Gasteiger partial charge in [0.15, 0.2) is 0 Å². The van der Waals surface area contributed by atoms with E-state index < -0.39 is 0 Å². The Morgan fingerprint density at radius 2 is 1.86 bits per heavy atom. The molecule has 118 valence electrons. The summed E-state index contributed by atoms with van der Waals surface area (Å²) >= 11 is 0. The highest BCUT2D eigenvalue weighted by Gasteiger charge is 2.28. The number of methoxy groups -OCH3 is 1. The minimum Gasteiger partial charge on any atom is -0.497 e. The number of likely N-dealkylation sites (tertiary alicyclic amines) is 1. The van der Waals surface area contributed by atoms with Crippen molar-refractivity contribution in [2.75, 3.05) is 33.3 Å². The van der Waals surface area contributed by atoms with Crippen LogP contribution in [0.15, 0.2) is 24.3 Å². The van der Waals surface area contributed by atoms with E-state index in [4.69, 9.17) is 4.74 Å². The average molecular weight is 311 g/mol. The Morgan fingerprint density at radius 1 is 1.14 bits per heavy atom. The van der Waals surface area contributed by atoms with Crippen LogP contribution < -0.4 is 10.1 Å². The fraction of sp³-hybridized carbons (Fsp3) is 0.647. The molecule has 21 heavy (non-hydrogen) atoms. The van der Waals surface area contributed by atoms with Gasteiger partial charge < -0.3 is 10.1 Å². The highest BCUT2D eigenvalue weighted by atomic mass is 35.5. The van der Waals surface area contributed by atoms with Crippen molar-refractivity contribution in [1.82, 2.24) is 10.2 Å². The van der Waals surface area contributed by atoms with E-state index in [2.05, 4.69) is 34.5 Å². The summed E-state index contributed by atoms with van der Waals surface area (Å²) in [6.45, 7) is 4.94. The molecule has 2 aliphatic rings. The number of nitrogens with one attached hydrogen (secondary N) is 1. The first-order valence-electron chi connectivity index (χ1n) is 7.95. The third-order valence-electron chi connectivity index (χ3n) is 4.82. The number of ether oxygens (including phenoxy) is 1. The van der Waals surface area contributed by atoms with Gasteiger partial charge in [0, 0.05) is 12.6 Å². The molecular weight excluding hydrogens is 284 g/mol. The van der Waals surface area contributed by atoms with Gasteiger partial charge in [-0.15, -0.1) is 12.4 Å². The van der Waals surface area contributed by atoms with E-state index >= 15 is 0 Å². The van der Waals surface area contributed by atoms with Crippen molar-refractivity contribution in [3.05, 3.63) is 29.8 Å². The molecule has 1 unspecified atom stereocenters. The van der Waals surface area contributed by atoms with Gasteiger partial charge in [-0.2, -0.15) is 0 Å². The quantitative estimate of drug-likeness (QED) is 0.924. The summed E-state index contributed by atoms with van der Waals surface area (Å²) in [5.74, 6) is 1.84. The van der Waals surface area contributed by atoms with E-state index in [0.717, 1.165) is 11.7 Å². The van der Waals surface area contributed by atoms with E-state index in [9.17, 15) is 0 Å². The van der Waals surface area contributed by atoms with E-state index in [-0.39, 0.29) is 12.4 Å². The second-order valence-electron chi connectivity index (χ2n) is 6.12. The van der Waals surface area contributed by atoms with E-state index in [1.54, 1.807) is 7.11 Å². The van der Waals surface area contributed by atoms with Crippen LogP contribution in [-0.4, -0.2) is 38.2 Å². The van der Waals surface area contributed by atoms with Gasteiger partial charge in [0.05, 0.1) is 7.11 Å². The molecule has 2 heterocycles. The van der Waals surface area contributed by atoms with Gasteiger partial charge >= 0.3 is 0 Å². The fourth-order valence-corrected chi connectivity index (χ4v) is 3.64. The number of halogens is 1. The SMILES string of the molecule is COc1ccc(C2CCCN2CC2CCNCC2)cc1.Cl. The van der Waals surface area contributed by atoms with Crippen LogP contribution in [0, 0.1) is 5.92 Å². The molecule has 0 radical (unpaired) electrons. The number of hydrogen-bond acceptors (Lipinski definition) is 3. The topological polar surface area (TPSA) is 24.5 Å². The van der Waals surface area contributed by atoms with Crippen molar-refractivity contribution in [2.24, 2.45) is 5.92 Å². The second kappa shape index (κ2) is 8.02. The van der Waals surface area contributed by atoms with Gasteiger partial charge in [-0.25, -0.2) is 0 Å². The molecule has 0 bridgehead atoms. The molecule has 2 fully saturated rings. The van der Waals surface area contributed by atoms with Gasteiger partial charge in [0.2, 0.25) is 0 Å². The molecule has 0 amide bonds. The number of hydrogen-bond donors (Lipinski definition) is 1. The Balaban J connectivity index is 0.00000161. The van der Waals surface area contributed by atoms with Gasteiger partial charge in [0.25, 0.3) is 0 Å². The number of piperidine rings is 1. The van der Waals surface area contributed by atoms with E-state index in [1.807, 2.05) is 0 Å². The van der Waals surface area contributed by atoms with Gasteiger partial charge in [-0.05, 0) is 68.9 Å². The Morgan fingerprint density at radius 3 is 2.52 bits per heavy atom. The minimum absolute atomic E-state index is 0. The lowest BCUT2D eigenvalue weighted by Crippen LogP contribution is -2.36. The Bertz CT molecular complexity index is 417. The van der Waals surface area contributed by atoms with Gasteiger partial charge in [0.1, 0.15) is 5.75 Å². The highest BCUT2D eigenvalue weighted by Crippen LogP contribution is 2.34. The average Bonchev–Trinajstić information content (AvgIpc) is 2.96. The van der Waals surface area contributed by atoms with Gasteiger partial charge in [-0.1, -0.05) is 12.1 Å². The summed E-state index contributed by atoms with van der Waals surface area (Å²) in [6, 6.07) is 9.29. The van der Waals surface area contributed by atoms with Crippen LogP contribution >= 0.6 is 12.4 Å². The third-order valence-corrected chi connectivity index (χ3v) is 4.82. The Labute approximate surface area is 134 Å². The maximum atomic E-state index is 5.26. The molecule has 1 aromatic carbocycles. The molecule has 0 spiro atoms. The maximum Gasteiger partial charge on any atom is 0.118 e. The van der Waals surface area contributed by atoms with Crippen LogP contribution in [0.5, 0.6) is 5.75 Å². The van der Waals surface area contributed by atoms with Crippen molar-refractivity contribution < 1.29 is 4.74 Å². The zero-order valence-corrected chi connectivity index (χ0v) is 13.7. The number of rotatable bonds is 4. The molecule has 1 atom stereocenters. The first-order chi connectivity index (χ1) is 9.86. The maximum absolute atomic E-state index is 5.26. The van der Waals surface area contributed by atoms with Crippen LogP contribution in [0.3, 0.4) is 0 Å². The van der Waals surface area contributed by atoms with Crippen molar-refractivity contribution in [2.45, 2.75) is 31.7 Å². The molecule has 4 heteroatoms. The van der Waals surface area contributed by atoms with Crippen LogP contribution in [0.2, 0.25) is 0 Å². The number of nitrogens with zero attached hydrogens (tertiary/aromatic N) is 1. The molecule has 3 rings (SSSR count). The summed E-state index contributed by atoms with van der Waals surface area (Å²) < 4.78 is 5.26. The zero-order chi connectivity index (χ0) is 13.8. The lowest BCUT2D eigenvalue weighted by molar-refractivity contribution is 0.193. The van der Waals surface area contributed by atoms with E-state index in [0.29, 0.717) is 6.04 Å². The zero-order valence-electron chi connectivity index (χ0n) is 12.9.